The van der Waals surface area contributed by atoms with Gasteiger partial charge in [-0.25, -0.2) is 8.78 Å². The Labute approximate surface area is 94.3 Å². The molecule has 15 heavy (non-hydrogen) atoms. The summed E-state index contributed by atoms with van der Waals surface area (Å²) in [4.78, 5) is 0. The molecule has 0 nitrogen and oxygen atoms in total. The van der Waals surface area contributed by atoms with E-state index >= 15 is 0 Å². The first-order valence-electron chi connectivity index (χ1n) is 4.47. The third kappa shape index (κ3) is 3.65. The molecular formula is C11H11ClF2Si. The molecule has 1 aromatic rings. The number of hydrogen-bond donors (Lipinski definition) is 0. The molecule has 1 rings (SSSR count). The van der Waals surface area contributed by atoms with Gasteiger partial charge in [0.05, 0.1) is 5.56 Å². The summed E-state index contributed by atoms with van der Waals surface area (Å²) in [5.74, 6) is 1.15. The zero-order valence-electron chi connectivity index (χ0n) is 8.79. The Morgan fingerprint density at radius 2 is 1.60 bits per heavy atom. The van der Waals surface area contributed by atoms with Gasteiger partial charge in [0.25, 0.3) is 0 Å². The fourth-order valence-electron chi connectivity index (χ4n) is 0.912. The summed E-state index contributed by atoms with van der Waals surface area (Å²) in [6.45, 7) is 6.02. The van der Waals surface area contributed by atoms with E-state index in [0.717, 1.165) is 12.1 Å². The van der Waals surface area contributed by atoms with Gasteiger partial charge in [0, 0.05) is 5.02 Å². The third-order valence-electron chi connectivity index (χ3n) is 1.57. The minimum absolute atomic E-state index is 0.0450. The van der Waals surface area contributed by atoms with Crippen molar-refractivity contribution in [1.29, 1.82) is 0 Å². The highest BCUT2D eigenvalue weighted by Crippen LogP contribution is 2.18. The summed E-state index contributed by atoms with van der Waals surface area (Å²) >= 11 is 5.49. The van der Waals surface area contributed by atoms with Crippen LogP contribution in [-0.4, -0.2) is 8.07 Å². The minimum Gasteiger partial charge on any atom is -0.205 e. The Balaban J connectivity index is 3.20. The van der Waals surface area contributed by atoms with Crippen LogP contribution in [0, 0.1) is 23.1 Å². The van der Waals surface area contributed by atoms with Gasteiger partial charge in [-0.2, -0.15) is 0 Å². The van der Waals surface area contributed by atoms with Crippen molar-refractivity contribution in [3.63, 3.8) is 0 Å². The SMILES string of the molecule is C[Si](C)(C)C#Cc1c(F)cc(Cl)cc1F. The second kappa shape index (κ2) is 4.34. The predicted molar refractivity (Wildman–Crippen MR) is 61.6 cm³/mol. The molecular weight excluding hydrogens is 234 g/mol. The lowest BCUT2D eigenvalue weighted by atomic mass is 10.2. The highest BCUT2D eigenvalue weighted by atomic mass is 35.5. The molecule has 0 aromatic heterocycles. The van der Waals surface area contributed by atoms with E-state index in [0.29, 0.717) is 0 Å². The Kier molecular flexibility index (Phi) is 3.53. The molecule has 0 unspecified atom stereocenters. The molecule has 0 radical (unpaired) electrons. The van der Waals surface area contributed by atoms with Crippen molar-refractivity contribution in [1.82, 2.24) is 0 Å². The summed E-state index contributed by atoms with van der Waals surface area (Å²) in [6.07, 6.45) is 0. The molecule has 0 saturated carbocycles. The van der Waals surface area contributed by atoms with E-state index in [4.69, 9.17) is 11.6 Å². The van der Waals surface area contributed by atoms with Crippen LogP contribution in [-0.2, 0) is 0 Å². The van der Waals surface area contributed by atoms with Gasteiger partial charge >= 0.3 is 0 Å². The Morgan fingerprint density at radius 3 is 2.00 bits per heavy atom. The van der Waals surface area contributed by atoms with Crippen LogP contribution in [0.5, 0.6) is 0 Å². The van der Waals surface area contributed by atoms with Gasteiger partial charge in [0.15, 0.2) is 0 Å². The van der Waals surface area contributed by atoms with Gasteiger partial charge in [0.2, 0.25) is 0 Å². The fourth-order valence-corrected chi connectivity index (χ4v) is 1.60. The summed E-state index contributed by atoms with van der Waals surface area (Å²) in [6, 6.07) is 2.14. The number of hydrogen-bond acceptors (Lipinski definition) is 0. The highest BCUT2D eigenvalue weighted by molar-refractivity contribution is 6.83. The van der Waals surface area contributed by atoms with Crippen LogP contribution in [0.1, 0.15) is 5.56 Å². The van der Waals surface area contributed by atoms with Crippen molar-refractivity contribution in [2.24, 2.45) is 0 Å². The lowest BCUT2D eigenvalue weighted by Gasteiger charge is -2.04. The lowest BCUT2D eigenvalue weighted by molar-refractivity contribution is 0.577. The molecule has 0 aliphatic heterocycles. The first-order chi connectivity index (χ1) is 6.79. The van der Waals surface area contributed by atoms with Crippen LogP contribution in [0.2, 0.25) is 24.7 Å². The van der Waals surface area contributed by atoms with Crippen molar-refractivity contribution in [2.75, 3.05) is 0 Å². The molecule has 0 amide bonds. The molecule has 1 aromatic carbocycles. The van der Waals surface area contributed by atoms with Crippen molar-refractivity contribution in [2.45, 2.75) is 19.6 Å². The van der Waals surface area contributed by atoms with E-state index in [9.17, 15) is 8.78 Å². The molecule has 0 aliphatic carbocycles. The molecule has 0 heterocycles. The van der Waals surface area contributed by atoms with E-state index < -0.39 is 19.7 Å². The highest BCUT2D eigenvalue weighted by Gasteiger charge is 2.11. The Morgan fingerprint density at radius 1 is 1.13 bits per heavy atom. The average Bonchev–Trinajstić information content (AvgIpc) is 1.99. The van der Waals surface area contributed by atoms with Crippen LogP contribution in [0.4, 0.5) is 8.78 Å². The van der Waals surface area contributed by atoms with E-state index in [2.05, 4.69) is 11.5 Å². The smallest absolute Gasteiger partial charge is 0.143 e. The second-order valence-electron chi connectivity index (χ2n) is 4.24. The van der Waals surface area contributed by atoms with Gasteiger partial charge in [-0.05, 0) is 12.1 Å². The van der Waals surface area contributed by atoms with Crippen molar-refractivity contribution in [3.05, 3.63) is 34.4 Å². The third-order valence-corrected chi connectivity index (χ3v) is 2.66. The maximum absolute atomic E-state index is 13.3. The molecule has 80 valence electrons. The molecule has 0 aliphatic rings. The molecule has 0 spiro atoms. The van der Waals surface area contributed by atoms with Gasteiger partial charge in [-0.15, -0.1) is 5.54 Å². The summed E-state index contributed by atoms with van der Waals surface area (Å²) in [7, 11) is -1.63. The van der Waals surface area contributed by atoms with E-state index in [1.54, 1.807) is 0 Å². The molecule has 0 fully saturated rings. The van der Waals surface area contributed by atoms with E-state index in [1.807, 2.05) is 19.6 Å². The normalized spacial score (nSPS) is 10.8. The zero-order valence-corrected chi connectivity index (χ0v) is 10.5. The van der Waals surface area contributed by atoms with Crippen molar-refractivity contribution >= 4 is 19.7 Å². The van der Waals surface area contributed by atoms with Gasteiger partial charge in [-0.1, -0.05) is 37.2 Å². The second-order valence-corrected chi connectivity index (χ2v) is 9.43. The quantitative estimate of drug-likeness (QED) is 0.480. The van der Waals surface area contributed by atoms with E-state index in [-0.39, 0.29) is 10.6 Å². The fraction of sp³-hybridized carbons (Fsp3) is 0.273. The Hall–Kier alpha value is -0.853. The molecule has 0 atom stereocenters. The number of halogens is 3. The topological polar surface area (TPSA) is 0 Å². The summed E-state index contributed by atoms with van der Waals surface area (Å²) in [5, 5.41) is 0.0450. The van der Waals surface area contributed by atoms with Crippen LogP contribution in [0.15, 0.2) is 12.1 Å². The van der Waals surface area contributed by atoms with Gasteiger partial charge in [-0.3, -0.25) is 0 Å². The standard InChI is InChI=1S/C11H11ClF2Si/c1-15(2,3)5-4-9-10(13)6-8(12)7-11(9)14/h6-7H,1-3H3. The molecule has 0 N–H and O–H groups in total. The van der Waals surface area contributed by atoms with Crippen LogP contribution >= 0.6 is 11.6 Å². The predicted octanol–water partition coefficient (Wildman–Crippen LogP) is 3.85. The van der Waals surface area contributed by atoms with Crippen molar-refractivity contribution < 1.29 is 8.78 Å². The van der Waals surface area contributed by atoms with Crippen LogP contribution in [0.25, 0.3) is 0 Å². The van der Waals surface area contributed by atoms with Gasteiger partial charge in [0.1, 0.15) is 19.7 Å². The van der Waals surface area contributed by atoms with Gasteiger partial charge < -0.3 is 0 Å². The molecule has 0 bridgehead atoms. The molecule has 0 saturated heterocycles. The first kappa shape index (κ1) is 12.2. The summed E-state index contributed by atoms with van der Waals surface area (Å²) < 4.78 is 26.5. The van der Waals surface area contributed by atoms with Crippen LogP contribution < -0.4 is 0 Å². The van der Waals surface area contributed by atoms with E-state index in [1.165, 1.54) is 0 Å². The van der Waals surface area contributed by atoms with Crippen LogP contribution in [0.3, 0.4) is 0 Å². The number of rotatable bonds is 0. The maximum Gasteiger partial charge on any atom is 0.143 e. The van der Waals surface area contributed by atoms with Crippen molar-refractivity contribution in [3.8, 4) is 11.5 Å². The zero-order chi connectivity index (χ0) is 11.6. The number of benzene rings is 1. The lowest BCUT2D eigenvalue weighted by Crippen LogP contribution is -2.16. The average molecular weight is 245 g/mol. The largest absolute Gasteiger partial charge is 0.205 e. The first-order valence-corrected chi connectivity index (χ1v) is 8.35. The minimum atomic E-state index is -1.63. The molecule has 4 heteroatoms. The monoisotopic (exact) mass is 244 g/mol. The summed E-state index contributed by atoms with van der Waals surface area (Å²) in [5.41, 5.74) is 2.71. The Bertz CT molecular complexity index is 415. The maximum atomic E-state index is 13.3.